The quantitative estimate of drug-likeness (QED) is 0.924. The molecular weight excluding hydrogens is 252 g/mol. The Labute approximate surface area is 119 Å². The number of rotatable bonds is 4. The monoisotopic (exact) mass is 274 g/mol. The molecule has 0 spiro atoms. The van der Waals surface area contributed by atoms with Crippen LogP contribution >= 0.6 is 0 Å². The SMILES string of the molecule is Cc1nnc(-c2cn(CCN)cn2)n1C1CCCCC1. The van der Waals surface area contributed by atoms with Crippen molar-refractivity contribution in [2.24, 2.45) is 5.73 Å². The fourth-order valence-electron chi connectivity index (χ4n) is 3.07. The number of imidazole rings is 1. The molecule has 6 nitrogen and oxygen atoms in total. The summed E-state index contributed by atoms with van der Waals surface area (Å²) in [5.74, 6) is 1.88. The molecule has 6 heteroatoms. The van der Waals surface area contributed by atoms with E-state index >= 15 is 0 Å². The number of hydrogen-bond donors (Lipinski definition) is 1. The fourth-order valence-corrected chi connectivity index (χ4v) is 3.07. The number of aromatic nitrogens is 5. The molecule has 0 atom stereocenters. The lowest BCUT2D eigenvalue weighted by atomic mass is 9.95. The van der Waals surface area contributed by atoms with Gasteiger partial charge < -0.3 is 14.9 Å². The number of aryl methyl sites for hydroxylation is 1. The van der Waals surface area contributed by atoms with E-state index in [2.05, 4.69) is 19.7 Å². The Bertz CT molecular complexity index is 564. The first-order valence-electron chi connectivity index (χ1n) is 7.43. The van der Waals surface area contributed by atoms with Gasteiger partial charge in [-0.25, -0.2) is 4.98 Å². The molecule has 108 valence electrons. The number of nitrogens with zero attached hydrogens (tertiary/aromatic N) is 5. The first kappa shape index (κ1) is 13.3. The Morgan fingerprint density at radius 1 is 1.25 bits per heavy atom. The van der Waals surface area contributed by atoms with Crippen LogP contribution in [0.25, 0.3) is 11.5 Å². The van der Waals surface area contributed by atoms with E-state index in [-0.39, 0.29) is 0 Å². The first-order chi connectivity index (χ1) is 9.79. The third-order valence-corrected chi connectivity index (χ3v) is 4.06. The van der Waals surface area contributed by atoms with Gasteiger partial charge in [-0.3, -0.25) is 0 Å². The van der Waals surface area contributed by atoms with E-state index in [1.807, 2.05) is 24.0 Å². The molecule has 3 rings (SSSR count). The molecule has 0 saturated heterocycles. The third kappa shape index (κ3) is 2.47. The van der Waals surface area contributed by atoms with Crippen molar-refractivity contribution in [1.82, 2.24) is 24.3 Å². The van der Waals surface area contributed by atoms with Crippen LogP contribution in [-0.4, -0.2) is 30.9 Å². The van der Waals surface area contributed by atoms with Crippen LogP contribution in [0.3, 0.4) is 0 Å². The molecule has 0 aromatic carbocycles. The van der Waals surface area contributed by atoms with Crippen LogP contribution in [0.1, 0.15) is 44.0 Å². The zero-order chi connectivity index (χ0) is 13.9. The van der Waals surface area contributed by atoms with Crippen molar-refractivity contribution in [2.75, 3.05) is 6.54 Å². The predicted molar refractivity (Wildman–Crippen MR) is 77.2 cm³/mol. The predicted octanol–water partition coefficient (Wildman–Crippen LogP) is 1.91. The van der Waals surface area contributed by atoms with Crippen LogP contribution in [0.4, 0.5) is 0 Å². The minimum absolute atomic E-state index is 0.522. The van der Waals surface area contributed by atoms with E-state index in [0.717, 1.165) is 23.9 Å². The molecule has 0 amide bonds. The highest BCUT2D eigenvalue weighted by molar-refractivity contribution is 5.48. The van der Waals surface area contributed by atoms with Crippen LogP contribution in [0.2, 0.25) is 0 Å². The van der Waals surface area contributed by atoms with Crippen LogP contribution in [0.5, 0.6) is 0 Å². The maximum Gasteiger partial charge on any atom is 0.184 e. The van der Waals surface area contributed by atoms with E-state index in [4.69, 9.17) is 5.73 Å². The average molecular weight is 274 g/mol. The Morgan fingerprint density at radius 2 is 2.05 bits per heavy atom. The summed E-state index contributed by atoms with van der Waals surface area (Å²) in [5, 5.41) is 8.60. The average Bonchev–Trinajstić information content (AvgIpc) is 3.07. The summed E-state index contributed by atoms with van der Waals surface area (Å²) in [5.41, 5.74) is 6.47. The second-order valence-electron chi connectivity index (χ2n) is 5.52. The maximum atomic E-state index is 5.58. The Morgan fingerprint density at radius 3 is 2.80 bits per heavy atom. The zero-order valence-corrected chi connectivity index (χ0v) is 12.0. The smallest absolute Gasteiger partial charge is 0.184 e. The highest BCUT2D eigenvalue weighted by Gasteiger charge is 2.22. The van der Waals surface area contributed by atoms with Crippen LogP contribution in [0, 0.1) is 6.92 Å². The lowest BCUT2D eigenvalue weighted by Crippen LogP contribution is -2.15. The Kier molecular flexibility index (Phi) is 3.82. The van der Waals surface area contributed by atoms with Crippen LogP contribution in [0.15, 0.2) is 12.5 Å². The topological polar surface area (TPSA) is 74.6 Å². The van der Waals surface area contributed by atoms with Gasteiger partial charge in [-0.15, -0.1) is 10.2 Å². The molecule has 1 aliphatic rings. The van der Waals surface area contributed by atoms with E-state index in [0.29, 0.717) is 12.6 Å². The van der Waals surface area contributed by atoms with Gasteiger partial charge in [0.15, 0.2) is 5.82 Å². The van der Waals surface area contributed by atoms with E-state index < -0.39 is 0 Å². The Hall–Kier alpha value is -1.69. The molecule has 2 N–H and O–H groups in total. The minimum Gasteiger partial charge on any atom is -0.335 e. The highest BCUT2D eigenvalue weighted by Crippen LogP contribution is 2.32. The van der Waals surface area contributed by atoms with Crippen molar-refractivity contribution in [1.29, 1.82) is 0 Å². The van der Waals surface area contributed by atoms with Crippen LogP contribution < -0.4 is 5.73 Å². The minimum atomic E-state index is 0.522. The van der Waals surface area contributed by atoms with Crippen molar-refractivity contribution >= 4 is 0 Å². The second kappa shape index (κ2) is 5.75. The molecule has 0 radical (unpaired) electrons. The molecule has 1 fully saturated rings. The molecular formula is C14H22N6. The molecule has 0 bridgehead atoms. The maximum absolute atomic E-state index is 5.58. The molecule has 2 aromatic rings. The van der Waals surface area contributed by atoms with Crippen LogP contribution in [-0.2, 0) is 6.54 Å². The standard InChI is InChI=1S/C14H22N6/c1-11-17-18-14(13-9-19(8-7-15)10-16-13)20(11)12-5-3-2-4-6-12/h9-10,12H,2-8,15H2,1H3. The largest absolute Gasteiger partial charge is 0.335 e. The molecule has 2 heterocycles. The number of hydrogen-bond acceptors (Lipinski definition) is 4. The van der Waals surface area contributed by atoms with Crippen molar-refractivity contribution in [3.63, 3.8) is 0 Å². The molecule has 1 saturated carbocycles. The fraction of sp³-hybridized carbons (Fsp3) is 0.643. The van der Waals surface area contributed by atoms with E-state index in [1.54, 1.807) is 0 Å². The summed E-state index contributed by atoms with van der Waals surface area (Å²) >= 11 is 0. The summed E-state index contributed by atoms with van der Waals surface area (Å²) in [7, 11) is 0. The molecule has 20 heavy (non-hydrogen) atoms. The van der Waals surface area contributed by atoms with E-state index in [9.17, 15) is 0 Å². The highest BCUT2D eigenvalue weighted by atomic mass is 15.3. The normalized spacial score (nSPS) is 16.7. The van der Waals surface area contributed by atoms with Gasteiger partial charge in [-0.05, 0) is 19.8 Å². The van der Waals surface area contributed by atoms with Crippen molar-refractivity contribution in [3.8, 4) is 11.5 Å². The van der Waals surface area contributed by atoms with Gasteiger partial charge in [-0.2, -0.15) is 0 Å². The summed E-state index contributed by atoms with van der Waals surface area (Å²) in [6, 6.07) is 0.522. The second-order valence-corrected chi connectivity index (χ2v) is 5.52. The van der Waals surface area contributed by atoms with Crippen molar-refractivity contribution in [2.45, 2.75) is 51.6 Å². The lowest BCUT2D eigenvalue weighted by molar-refractivity contribution is 0.350. The molecule has 1 aliphatic carbocycles. The summed E-state index contributed by atoms with van der Waals surface area (Å²) in [6.07, 6.45) is 10.2. The Balaban J connectivity index is 1.92. The van der Waals surface area contributed by atoms with Crippen molar-refractivity contribution in [3.05, 3.63) is 18.3 Å². The van der Waals surface area contributed by atoms with Gasteiger partial charge >= 0.3 is 0 Å². The molecule has 0 aliphatic heterocycles. The zero-order valence-electron chi connectivity index (χ0n) is 12.0. The molecule has 0 unspecified atom stereocenters. The van der Waals surface area contributed by atoms with Gasteiger partial charge in [0.25, 0.3) is 0 Å². The summed E-state index contributed by atoms with van der Waals surface area (Å²) in [6.45, 7) is 3.43. The van der Waals surface area contributed by atoms with Gasteiger partial charge in [0, 0.05) is 25.3 Å². The lowest BCUT2D eigenvalue weighted by Gasteiger charge is -2.24. The summed E-state index contributed by atoms with van der Waals surface area (Å²) < 4.78 is 4.28. The first-order valence-corrected chi connectivity index (χ1v) is 7.43. The van der Waals surface area contributed by atoms with E-state index in [1.165, 1.54) is 32.1 Å². The van der Waals surface area contributed by atoms with Gasteiger partial charge in [0.2, 0.25) is 0 Å². The molecule has 2 aromatic heterocycles. The van der Waals surface area contributed by atoms with Gasteiger partial charge in [-0.1, -0.05) is 19.3 Å². The van der Waals surface area contributed by atoms with Crippen molar-refractivity contribution < 1.29 is 0 Å². The third-order valence-electron chi connectivity index (χ3n) is 4.06. The van der Waals surface area contributed by atoms with Gasteiger partial charge in [0.1, 0.15) is 11.5 Å². The summed E-state index contributed by atoms with van der Waals surface area (Å²) in [4.78, 5) is 4.46. The number of nitrogens with two attached hydrogens (primary N) is 1. The van der Waals surface area contributed by atoms with Gasteiger partial charge in [0.05, 0.1) is 6.33 Å².